The number of Topliss-reactive ketones (excluding diaryl/α,β-unsaturated/α-hetero) is 1. The lowest BCUT2D eigenvalue weighted by atomic mass is 10.1. The van der Waals surface area contributed by atoms with Gasteiger partial charge in [-0.05, 0) is 11.6 Å². The Kier molecular flexibility index (Phi) is 3.05. The lowest BCUT2D eigenvalue weighted by Gasteiger charge is -1.95. The van der Waals surface area contributed by atoms with Crippen molar-refractivity contribution in [3.8, 4) is 0 Å². The molecule has 4 heteroatoms. The van der Waals surface area contributed by atoms with Gasteiger partial charge in [0.2, 0.25) is 5.78 Å². The SMILES string of the molecule is O=C1COC(=O)C1=C(O)C=Cc1ccccc1. The molecule has 0 radical (unpaired) electrons. The van der Waals surface area contributed by atoms with Crippen molar-refractivity contribution in [2.45, 2.75) is 0 Å². The molecule has 17 heavy (non-hydrogen) atoms. The van der Waals surface area contributed by atoms with Crippen LogP contribution >= 0.6 is 0 Å². The molecule has 0 bridgehead atoms. The van der Waals surface area contributed by atoms with E-state index < -0.39 is 11.8 Å². The van der Waals surface area contributed by atoms with Crippen molar-refractivity contribution in [2.24, 2.45) is 0 Å². The van der Waals surface area contributed by atoms with E-state index in [1.165, 1.54) is 6.08 Å². The Morgan fingerprint density at radius 2 is 1.94 bits per heavy atom. The number of rotatable bonds is 2. The van der Waals surface area contributed by atoms with E-state index in [0.717, 1.165) is 5.56 Å². The van der Waals surface area contributed by atoms with E-state index in [0.29, 0.717) is 0 Å². The van der Waals surface area contributed by atoms with Crippen molar-refractivity contribution in [1.82, 2.24) is 0 Å². The van der Waals surface area contributed by atoms with E-state index in [-0.39, 0.29) is 17.9 Å². The molecule has 0 unspecified atom stereocenters. The zero-order valence-electron chi connectivity index (χ0n) is 8.92. The number of hydrogen-bond acceptors (Lipinski definition) is 4. The summed E-state index contributed by atoms with van der Waals surface area (Å²) in [5.74, 6) is -1.63. The molecule has 0 aliphatic carbocycles. The zero-order valence-corrected chi connectivity index (χ0v) is 8.92. The van der Waals surface area contributed by atoms with Gasteiger partial charge in [0.05, 0.1) is 0 Å². The van der Waals surface area contributed by atoms with Crippen LogP contribution in [0.2, 0.25) is 0 Å². The number of benzene rings is 1. The summed E-state index contributed by atoms with van der Waals surface area (Å²) in [6.45, 7) is -0.294. The second-order valence-corrected chi connectivity index (χ2v) is 3.50. The minimum absolute atomic E-state index is 0.280. The second-order valence-electron chi connectivity index (χ2n) is 3.50. The molecule has 1 aromatic rings. The summed E-state index contributed by atoms with van der Waals surface area (Å²) < 4.78 is 4.51. The largest absolute Gasteiger partial charge is 0.507 e. The van der Waals surface area contributed by atoms with E-state index in [9.17, 15) is 14.7 Å². The third-order valence-corrected chi connectivity index (χ3v) is 2.31. The monoisotopic (exact) mass is 230 g/mol. The lowest BCUT2D eigenvalue weighted by Crippen LogP contribution is -2.04. The topological polar surface area (TPSA) is 63.6 Å². The first kappa shape index (κ1) is 11.1. The third-order valence-electron chi connectivity index (χ3n) is 2.31. The van der Waals surface area contributed by atoms with Crippen LogP contribution < -0.4 is 0 Å². The van der Waals surface area contributed by atoms with E-state index in [1.807, 2.05) is 30.3 Å². The highest BCUT2D eigenvalue weighted by atomic mass is 16.5. The van der Waals surface area contributed by atoms with Crippen LogP contribution in [-0.2, 0) is 14.3 Å². The van der Waals surface area contributed by atoms with Gasteiger partial charge in [-0.25, -0.2) is 4.79 Å². The molecule has 1 aromatic carbocycles. The Balaban J connectivity index is 2.24. The predicted molar refractivity (Wildman–Crippen MR) is 61.1 cm³/mol. The van der Waals surface area contributed by atoms with Crippen molar-refractivity contribution in [2.75, 3.05) is 6.61 Å². The molecule has 0 spiro atoms. The van der Waals surface area contributed by atoms with Gasteiger partial charge in [-0.15, -0.1) is 0 Å². The second kappa shape index (κ2) is 4.65. The Bertz CT molecular complexity index is 493. The van der Waals surface area contributed by atoms with E-state index >= 15 is 0 Å². The quantitative estimate of drug-likeness (QED) is 0.363. The van der Waals surface area contributed by atoms with Crippen LogP contribution in [0.1, 0.15) is 5.56 Å². The Hall–Kier alpha value is -2.36. The molecular formula is C13H10O4. The number of aliphatic hydroxyl groups excluding tert-OH is 1. The Labute approximate surface area is 97.8 Å². The molecule has 0 aromatic heterocycles. The fourth-order valence-corrected chi connectivity index (χ4v) is 1.46. The van der Waals surface area contributed by atoms with E-state index in [2.05, 4.69) is 4.74 Å². The average molecular weight is 230 g/mol. The van der Waals surface area contributed by atoms with Crippen molar-refractivity contribution >= 4 is 17.8 Å². The summed E-state index contributed by atoms with van der Waals surface area (Å²) in [5, 5.41) is 9.62. The van der Waals surface area contributed by atoms with Crippen LogP contribution in [0.5, 0.6) is 0 Å². The number of ketones is 1. The highest BCUT2D eigenvalue weighted by Gasteiger charge is 2.31. The third kappa shape index (κ3) is 2.42. The van der Waals surface area contributed by atoms with Gasteiger partial charge in [-0.3, -0.25) is 4.79 Å². The summed E-state index contributed by atoms with van der Waals surface area (Å²) in [7, 11) is 0. The maximum atomic E-state index is 11.2. The van der Waals surface area contributed by atoms with Crippen molar-refractivity contribution in [3.63, 3.8) is 0 Å². The van der Waals surface area contributed by atoms with Crippen molar-refractivity contribution < 1.29 is 19.4 Å². The van der Waals surface area contributed by atoms with Gasteiger partial charge in [0, 0.05) is 0 Å². The van der Waals surface area contributed by atoms with Gasteiger partial charge in [-0.1, -0.05) is 36.4 Å². The minimum atomic E-state index is -0.773. The standard InChI is InChI=1S/C13H10O4/c14-10(12-11(15)8-17-13(12)16)7-6-9-4-2-1-3-5-9/h1-7,14H,8H2. The van der Waals surface area contributed by atoms with Crippen LogP contribution in [-0.4, -0.2) is 23.5 Å². The van der Waals surface area contributed by atoms with Gasteiger partial charge in [0.15, 0.2) is 6.61 Å². The molecule has 0 amide bonds. The molecule has 0 saturated carbocycles. The predicted octanol–water partition coefficient (Wildman–Crippen LogP) is 1.64. The molecule has 1 aliphatic rings. The summed E-state index contributed by atoms with van der Waals surface area (Å²) in [4.78, 5) is 22.4. The highest BCUT2D eigenvalue weighted by molar-refractivity contribution is 6.22. The molecule has 1 saturated heterocycles. The molecule has 2 rings (SSSR count). The zero-order chi connectivity index (χ0) is 12.3. The molecule has 1 heterocycles. The van der Waals surface area contributed by atoms with Crippen LogP contribution in [0.4, 0.5) is 0 Å². The molecular weight excluding hydrogens is 220 g/mol. The lowest BCUT2D eigenvalue weighted by molar-refractivity contribution is -0.135. The summed E-state index contributed by atoms with van der Waals surface area (Å²) >= 11 is 0. The molecule has 4 nitrogen and oxygen atoms in total. The summed E-state index contributed by atoms with van der Waals surface area (Å²) in [5.41, 5.74) is 0.579. The summed E-state index contributed by atoms with van der Waals surface area (Å²) in [6.07, 6.45) is 2.93. The van der Waals surface area contributed by atoms with Crippen LogP contribution in [0.15, 0.2) is 47.7 Å². The minimum Gasteiger partial charge on any atom is -0.507 e. The van der Waals surface area contributed by atoms with Crippen molar-refractivity contribution in [3.05, 3.63) is 53.3 Å². The number of aliphatic hydroxyl groups is 1. The average Bonchev–Trinajstić information content (AvgIpc) is 2.67. The number of esters is 1. The highest BCUT2D eigenvalue weighted by Crippen LogP contribution is 2.15. The Morgan fingerprint density at radius 1 is 1.24 bits per heavy atom. The molecule has 86 valence electrons. The number of ether oxygens (including phenoxy) is 1. The first-order valence-electron chi connectivity index (χ1n) is 5.05. The van der Waals surface area contributed by atoms with Crippen molar-refractivity contribution in [1.29, 1.82) is 0 Å². The number of cyclic esters (lactones) is 1. The number of carbonyl (C=O) groups excluding carboxylic acids is 2. The maximum absolute atomic E-state index is 11.2. The maximum Gasteiger partial charge on any atom is 0.346 e. The van der Waals surface area contributed by atoms with E-state index in [1.54, 1.807) is 6.08 Å². The van der Waals surface area contributed by atoms with Crippen LogP contribution in [0.3, 0.4) is 0 Å². The fourth-order valence-electron chi connectivity index (χ4n) is 1.46. The number of carbonyl (C=O) groups is 2. The molecule has 0 atom stereocenters. The first-order valence-corrected chi connectivity index (χ1v) is 5.05. The van der Waals surface area contributed by atoms with Gasteiger partial charge in [0.25, 0.3) is 0 Å². The number of allylic oxidation sites excluding steroid dienone is 1. The number of hydrogen-bond donors (Lipinski definition) is 1. The van der Waals surface area contributed by atoms with Crippen LogP contribution in [0, 0.1) is 0 Å². The van der Waals surface area contributed by atoms with Gasteiger partial charge < -0.3 is 9.84 Å². The van der Waals surface area contributed by atoms with Gasteiger partial charge >= 0.3 is 5.97 Å². The Morgan fingerprint density at radius 3 is 2.53 bits per heavy atom. The summed E-state index contributed by atoms with van der Waals surface area (Å²) in [6, 6.07) is 9.23. The fraction of sp³-hybridized carbons (Fsp3) is 0.0769. The normalized spacial score (nSPS) is 18.6. The molecule has 1 fully saturated rings. The van der Waals surface area contributed by atoms with Gasteiger partial charge in [0.1, 0.15) is 11.3 Å². The molecule has 1 aliphatic heterocycles. The smallest absolute Gasteiger partial charge is 0.346 e. The molecule has 1 N–H and O–H groups in total. The first-order chi connectivity index (χ1) is 8.18. The van der Waals surface area contributed by atoms with Crippen LogP contribution in [0.25, 0.3) is 6.08 Å². The van der Waals surface area contributed by atoms with E-state index in [4.69, 9.17) is 0 Å². The van der Waals surface area contributed by atoms with Gasteiger partial charge in [-0.2, -0.15) is 0 Å².